The fourth-order valence-electron chi connectivity index (χ4n) is 4.02. The first-order valence-electron chi connectivity index (χ1n) is 11.2. The first kappa shape index (κ1) is 25.3. The Morgan fingerprint density at radius 3 is 1.42 bits per heavy atom. The lowest BCUT2D eigenvalue weighted by Crippen LogP contribution is -2.59. The van der Waals surface area contributed by atoms with Gasteiger partial charge in [0.1, 0.15) is 23.0 Å². The molecule has 0 fully saturated rings. The lowest BCUT2D eigenvalue weighted by Gasteiger charge is -2.41. The fraction of sp³-hybridized carbons (Fsp3) is 0.500. The molecule has 0 saturated heterocycles. The van der Waals surface area contributed by atoms with Crippen molar-refractivity contribution in [3.05, 3.63) is 48.5 Å². The van der Waals surface area contributed by atoms with Crippen molar-refractivity contribution in [2.45, 2.75) is 64.3 Å². The van der Waals surface area contributed by atoms with Crippen LogP contribution in [0, 0.1) is 0 Å². The molecule has 0 aliphatic rings. The average molecular weight is 461 g/mol. The van der Waals surface area contributed by atoms with Gasteiger partial charge in [-0.25, -0.2) is 0 Å². The van der Waals surface area contributed by atoms with Crippen molar-refractivity contribution in [2.24, 2.45) is 0 Å². The molecule has 2 atom stereocenters. The Morgan fingerprint density at radius 2 is 1.10 bits per heavy atom. The van der Waals surface area contributed by atoms with Crippen molar-refractivity contribution < 1.29 is 13.6 Å². The number of anilines is 2. The summed E-state index contributed by atoms with van der Waals surface area (Å²) in [6.45, 7) is 13.4. The highest BCUT2D eigenvalue weighted by molar-refractivity contribution is 6.86. The number of rotatable bonds is 12. The molecule has 0 heterocycles. The van der Waals surface area contributed by atoms with E-state index in [1.165, 1.54) is 0 Å². The molecule has 0 saturated carbocycles. The summed E-state index contributed by atoms with van der Waals surface area (Å²) >= 11 is 0. The van der Waals surface area contributed by atoms with Crippen LogP contribution in [-0.2, 0) is 4.12 Å². The van der Waals surface area contributed by atoms with E-state index in [2.05, 4.69) is 50.7 Å². The highest BCUT2D eigenvalue weighted by Gasteiger charge is 2.44. The van der Waals surface area contributed by atoms with Crippen molar-refractivity contribution in [1.82, 2.24) is 0 Å². The van der Waals surface area contributed by atoms with Gasteiger partial charge < -0.3 is 24.2 Å². The van der Waals surface area contributed by atoms with Crippen LogP contribution < -0.4 is 20.1 Å². The van der Waals surface area contributed by atoms with Gasteiger partial charge in [-0.15, -0.1) is 0 Å². The summed E-state index contributed by atoms with van der Waals surface area (Å²) < 4.78 is 19.9. The molecular weight excluding hydrogens is 420 g/mol. The SMILES string of the molecule is CCC(Oc1cccc(NC)c1)[Si](C)(C)O[Si](C)(C)C(CC)Oc1cccc(NC)c1. The lowest BCUT2D eigenvalue weighted by atomic mass is 10.3. The molecule has 0 radical (unpaired) electrons. The van der Waals surface area contributed by atoms with Crippen molar-refractivity contribution in [2.75, 3.05) is 24.7 Å². The summed E-state index contributed by atoms with van der Waals surface area (Å²) in [5, 5.41) is 6.35. The molecule has 7 heteroatoms. The zero-order valence-electron chi connectivity index (χ0n) is 20.4. The minimum atomic E-state index is -2.17. The van der Waals surface area contributed by atoms with Crippen molar-refractivity contribution >= 4 is 28.0 Å². The predicted molar refractivity (Wildman–Crippen MR) is 137 cm³/mol. The largest absolute Gasteiger partial charge is 0.491 e. The Balaban J connectivity index is 2.15. The van der Waals surface area contributed by atoms with E-state index in [0.29, 0.717) is 0 Å². The molecule has 0 amide bonds. The summed E-state index contributed by atoms with van der Waals surface area (Å²) in [5.41, 5.74) is 2.23. The van der Waals surface area contributed by atoms with Crippen LogP contribution in [0.15, 0.2) is 48.5 Å². The van der Waals surface area contributed by atoms with E-state index in [0.717, 1.165) is 35.7 Å². The van der Waals surface area contributed by atoms with E-state index in [1.807, 2.05) is 62.6 Å². The molecule has 0 aromatic heterocycles. The molecule has 2 rings (SSSR count). The normalized spacial score (nSPS) is 13.9. The van der Waals surface area contributed by atoms with Gasteiger partial charge in [0.05, 0.1) is 0 Å². The summed E-state index contributed by atoms with van der Waals surface area (Å²) in [6.07, 6.45) is 1.82. The lowest BCUT2D eigenvalue weighted by molar-refractivity contribution is 0.223. The molecular formula is C24H40N2O3Si2. The van der Waals surface area contributed by atoms with Crippen molar-refractivity contribution in [1.29, 1.82) is 0 Å². The zero-order valence-corrected chi connectivity index (χ0v) is 22.4. The van der Waals surface area contributed by atoms with E-state index in [4.69, 9.17) is 13.6 Å². The van der Waals surface area contributed by atoms with Crippen LogP contribution in [0.4, 0.5) is 11.4 Å². The minimum Gasteiger partial charge on any atom is -0.491 e. The van der Waals surface area contributed by atoms with E-state index in [-0.39, 0.29) is 11.5 Å². The number of ether oxygens (including phenoxy) is 2. The predicted octanol–water partition coefficient (Wildman–Crippen LogP) is 6.29. The maximum atomic E-state index is 6.99. The van der Waals surface area contributed by atoms with Gasteiger partial charge in [0, 0.05) is 37.6 Å². The van der Waals surface area contributed by atoms with Gasteiger partial charge in [0.2, 0.25) is 16.6 Å². The summed E-state index contributed by atoms with van der Waals surface area (Å²) in [5.74, 6) is 1.77. The van der Waals surface area contributed by atoms with Crippen molar-refractivity contribution in [3.8, 4) is 11.5 Å². The molecule has 31 heavy (non-hydrogen) atoms. The average Bonchev–Trinajstić information content (AvgIpc) is 2.75. The van der Waals surface area contributed by atoms with Crippen LogP contribution in [-0.4, -0.2) is 42.2 Å². The Morgan fingerprint density at radius 1 is 0.710 bits per heavy atom. The van der Waals surface area contributed by atoms with Gasteiger partial charge >= 0.3 is 0 Å². The topological polar surface area (TPSA) is 51.8 Å². The quantitative estimate of drug-likeness (QED) is 0.365. The summed E-state index contributed by atoms with van der Waals surface area (Å²) in [6, 6.07) is 16.2. The van der Waals surface area contributed by atoms with Gasteiger partial charge in [-0.2, -0.15) is 0 Å². The number of hydrogen-bond donors (Lipinski definition) is 2. The zero-order chi connectivity index (χ0) is 23.1. The van der Waals surface area contributed by atoms with Gasteiger partial charge in [-0.1, -0.05) is 26.0 Å². The maximum absolute atomic E-state index is 6.99. The van der Waals surface area contributed by atoms with Crippen LogP contribution in [0.5, 0.6) is 11.5 Å². The fourth-order valence-corrected chi connectivity index (χ4v) is 13.3. The highest BCUT2D eigenvalue weighted by atomic mass is 28.4. The van der Waals surface area contributed by atoms with Crippen LogP contribution in [0.25, 0.3) is 0 Å². The van der Waals surface area contributed by atoms with Gasteiger partial charge in [0.25, 0.3) is 0 Å². The number of nitrogens with one attached hydrogen (secondary N) is 2. The Labute approximate surface area is 190 Å². The van der Waals surface area contributed by atoms with Crippen LogP contribution in [0.3, 0.4) is 0 Å². The first-order chi connectivity index (χ1) is 14.6. The second-order valence-corrected chi connectivity index (χ2v) is 17.4. The molecule has 172 valence electrons. The van der Waals surface area contributed by atoms with Crippen LogP contribution in [0.1, 0.15) is 26.7 Å². The second kappa shape index (κ2) is 11.1. The third-order valence-electron chi connectivity index (χ3n) is 5.62. The second-order valence-electron chi connectivity index (χ2n) is 8.89. The molecule has 0 aliphatic heterocycles. The van der Waals surface area contributed by atoms with Gasteiger partial charge in [0.15, 0.2) is 0 Å². The van der Waals surface area contributed by atoms with Crippen LogP contribution in [0.2, 0.25) is 26.2 Å². The van der Waals surface area contributed by atoms with E-state index < -0.39 is 16.6 Å². The molecule has 0 aliphatic carbocycles. The van der Waals surface area contributed by atoms with Gasteiger partial charge in [-0.3, -0.25) is 0 Å². The van der Waals surface area contributed by atoms with E-state index in [9.17, 15) is 0 Å². The Hall–Kier alpha value is -1.97. The Bertz CT molecular complexity index is 762. The molecule has 2 unspecified atom stereocenters. The Kier molecular flexibility index (Phi) is 9.03. The molecule has 0 bridgehead atoms. The molecule has 5 nitrogen and oxygen atoms in total. The molecule has 0 spiro atoms. The molecule has 2 N–H and O–H groups in total. The monoisotopic (exact) mass is 460 g/mol. The molecule has 2 aromatic carbocycles. The standard InChI is InChI=1S/C24H40N2O3Si2/c1-9-23(27-21-15-11-13-19(17-21)25-3)30(5,6)29-31(7,8)24(10-2)28-22-16-12-14-20(18-22)26-4/h11-18,23-26H,9-10H2,1-8H3. The third kappa shape index (κ3) is 7.02. The smallest absolute Gasteiger partial charge is 0.217 e. The first-order valence-corrected chi connectivity index (χ1v) is 17.2. The molecule has 2 aromatic rings. The third-order valence-corrected chi connectivity index (χ3v) is 14.0. The number of hydrogen-bond acceptors (Lipinski definition) is 5. The summed E-state index contributed by atoms with van der Waals surface area (Å²) in [7, 11) is -0.491. The van der Waals surface area contributed by atoms with E-state index >= 15 is 0 Å². The minimum absolute atomic E-state index is 0.0662. The maximum Gasteiger partial charge on any atom is 0.217 e. The highest BCUT2D eigenvalue weighted by Crippen LogP contribution is 2.30. The van der Waals surface area contributed by atoms with E-state index in [1.54, 1.807) is 0 Å². The van der Waals surface area contributed by atoms with Crippen molar-refractivity contribution in [3.63, 3.8) is 0 Å². The summed E-state index contributed by atoms with van der Waals surface area (Å²) in [4.78, 5) is 0. The van der Waals surface area contributed by atoms with Gasteiger partial charge in [-0.05, 0) is 63.3 Å². The number of benzene rings is 2. The van der Waals surface area contributed by atoms with Crippen LogP contribution >= 0.6 is 0 Å².